The van der Waals surface area contributed by atoms with Crippen LogP contribution in [0, 0.1) is 23.1 Å². The van der Waals surface area contributed by atoms with Crippen molar-refractivity contribution in [3.63, 3.8) is 0 Å². The summed E-state index contributed by atoms with van der Waals surface area (Å²) in [5.41, 5.74) is 1.21. The zero-order valence-corrected chi connectivity index (χ0v) is 13.6. The van der Waals surface area contributed by atoms with Gasteiger partial charge in [-0.05, 0) is 35.8 Å². The minimum absolute atomic E-state index is 0.234. The van der Waals surface area contributed by atoms with E-state index in [-0.39, 0.29) is 23.0 Å². The standard InChI is InChI=1S/C20H18FNO2/c1-14(2)11-20(23)24-17-9-7-15(8-10-17)12-16(13-22)18-5-3-4-6-19(18)21/h3-10,12,14H,11H2,1-2H3/b16-12-. The molecular formula is C20H18FNO2. The Morgan fingerprint density at radius 2 is 1.88 bits per heavy atom. The van der Waals surface area contributed by atoms with Crippen molar-refractivity contribution >= 4 is 17.6 Å². The van der Waals surface area contributed by atoms with Gasteiger partial charge in [0.1, 0.15) is 11.6 Å². The monoisotopic (exact) mass is 323 g/mol. The van der Waals surface area contributed by atoms with Crippen LogP contribution in [0.1, 0.15) is 31.4 Å². The molecule has 0 atom stereocenters. The molecule has 24 heavy (non-hydrogen) atoms. The van der Waals surface area contributed by atoms with Gasteiger partial charge in [0, 0.05) is 12.0 Å². The van der Waals surface area contributed by atoms with Crippen LogP contribution in [0.25, 0.3) is 11.6 Å². The molecule has 0 aliphatic carbocycles. The van der Waals surface area contributed by atoms with E-state index in [0.717, 1.165) is 5.56 Å². The van der Waals surface area contributed by atoms with Crippen molar-refractivity contribution in [3.8, 4) is 11.8 Å². The molecule has 4 heteroatoms. The molecule has 0 unspecified atom stereocenters. The van der Waals surface area contributed by atoms with Gasteiger partial charge in [-0.15, -0.1) is 0 Å². The van der Waals surface area contributed by atoms with E-state index in [1.165, 1.54) is 6.07 Å². The van der Waals surface area contributed by atoms with Gasteiger partial charge >= 0.3 is 5.97 Å². The Morgan fingerprint density at radius 1 is 1.21 bits per heavy atom. The molecule has 2 aromatic rings. The van der Waals surface area contributed by atoms with E-state index in [2.05, 4.69) is 0 Å². The van der Waals surface area contributed by atoms with E-state index < -0.39 is 5.82 Å². The third-order valence-corrected chi connectivity index (χ3v) is 3.28. The molecule has 2 rings (SSSR count). The zero-order chi connectivity index (χ0) is 17.5. The number of nitriles is 1. The van der Waals surface area contributed by atoms with Gasteiger partial charge in [0.15, 0.2) is 0 Å². The Kier molecular flexibility index (Phi) is 5.86. The predicted molar refractivity (Wildman–Crippen MR) is 91.4 cm³/mol. The summed E-state index contributed by atoms with van der Waals surface area (Å²) >= 11 is 0. The Hall–Kier alpha value is -2.93. The average Bonchev–Trinajstić information content (AvgIpc) is 2.54. The van der Waals surface area contributed by atoms with Gasteiger partial charge in [0.2, 0.25) is 0 Å². The van der Waals surface area contributed by atoms with Gasteiger partial charge in [-0.3, -0.25) is 4.79 Å². The molecule has 0 amide bonds. The molecule has 0 N–H and O–H groups in total. The van der Waals surface area contributed by atoms with Crippen LogP contribution in [0.5, 0.6) is 5.75 Å². The molecule has 0 bridgehead atoms. The first kappa shape index (κ1) is 17.4. The van der Waals surface area contributed by atoms with Crippen LogP contribution in [0.2, 0.25) is 0 Å². The normalized spacial score (nSPS) is 11.2. The number of hydrogen-bond donors (Lipinski definition) is 0. The highest BCUT2D eigenvalue weighted by Crippen LogP contribution is 2.22. The van der Waals surface area contributed by atoms with Crippen molar-refractivity contribution in [3.05, 3.63) is 65.5 Å². The van der Waals surface area contributed by atoms with Crippen LogP contribution >= 0.6 is 0 Å². The second-order valence-electron chi connectivity index (χ2n) is 5.79. The highest BCUT2D eigenvalue weighted by Gasteiger charge is 2.09. The van der Waals surface area contributed by atoms with Gasteiger partial charge in [0.25, 0.3) is 0 Å². The molecule has 0 saturated carbocycles. The fourth-order valence-corrected chi connectivity index (χ4v) is 2.16. The summed E-state index contributed by atoms with van der Waals surface area (Å²) in [7, 11) is 0. The number of halogens is 1. The number of carbonyl (C=O) groups excluding carboxylic acids is 1. The molecule has 2 aromatic carbocycles. The lowest BCUT2D eigenvalue weighted by atomic mass is 10.0. The molecule has 0 aliphatic rings. The van der Waals surface area contributed by atoms with Crippen LogP contribution in [0.15, 0.2) is 48.5 Å². The summed E-state index contributed by atoms with van der Waals surface area (Å²) in [5, 5.41) is 9.27. The zero-order valence-electron chi connectivity index (χ0n) is 13.6. The maximum atomic E-state index is 13.8. The molecule has 0 radical (unpaired) electrons. The highest BCUT2D eigenvalue weighted by molar-refractivity contribution is 5.89. The third kappa shape index (κ3) is 4.79. The molecule has 0 heterocycles. The van der Waals surface area contributed by atoms with Crippen molar-refractivity contribution in [1.29, 1.82) is 5.26 Å². The Morgan fingerprint density at radius 3 is 2.46 bits per heavy atom. The fourth-order valence-electron chi connectivity index (χ4n) is 2.16. The van der Waals surface area contributed by atoms with Crippen molar-refractivity contribution < 1.29 is 13.9 Å². The first-order chi connectivity index (χ1) is 11.5. The number of benzene rings is 2. The SMILES string of the molecule is CC(C)CC(=O)Oc1ccc(/C=C(/C#N)c2ccccc2F)cc1. The maximum absolute atomic E-state index is 13.8. The molecule has 0 fully saturated rings. The van der Waals surface area contributed by atoms with Crippen molar-refractivity contribution in [2.24, 2.45) is 5.92 Å². The number of rotatable bonds is 5. The Labute approximate surface area is 141 Å². The second-order valence-corrected chi connectivity index (χ2v) is 5.79. The lowest BCUT2D eigenvalue weighted by molar-refractivity contribution is -0.135. The molecule has 0 saturated heterocycles. The van der Waals surface area contributed by atoms with E-state index in [0.29, 0.717) is 12.2 Å². The van der Waals surface area contributed by atoms with E-state index in [1.807, 2.05) is 19.9 Å². The number of hydrogen-bond acceptors (Lipinski definition) is 3. The van der Waals surface area contributed by atoms with Gasteiger partial charge in [0.05, 0.1) is 11.6 Å². The molecular weight excluding hydrogens is 305 g/mol. The molecule has 3 nitrogen and oxygen atoms in total. The van der Waals surface area contributed by atoms with Crippen LogP contribution in [0.3, 0.4) is 0 Å². The summed E-state index contributed by atoms with van der Waals surface area (Å²) in [6, 6.07) is 14.9. The van der Waals surface area contributed by atoms with Crippen LogP contribution < -0.4 is 4.74 Å². The van der Waals surface area contributed by atoms with Crippen LogP contribution in [0.4, 0.5) is 4.39 Å². The summed E-state index contributed by atoms with van der Waals surface area (Å²) in [4.78, 5) is 11.6. The Balaban J connectivity index is 2.17. The summed E-state index contributed by atoms with van der Waals surface area (Å²) in [5.74, 6) is -0.0391. The van der Waals surface area contributed by atoms with Gasteiger partial charge in [-0.1, -0.05) is 44.2 Å². The van der Waals surface area contributed by atoms with Crippen LogP contribution in [-0.2, 0) is 4.79 Å². The quantitative estimate of drug-likeness (QED) is 0.342. The highest BCUT2D eigenvalue weighted by atomic mass is 19.1. The van der Waals surface area contributed by atoms with Gasteiger partial charge < -0.3 is 4.74 Å². The maximum Gasteiger partial charge on any atom is 0.311 e. The first-order valence-corrected chi connectivity index (χ1v) is 7.67. The lowest BCUT2D eigenvalue weighted by Crippen LogP contribution is -2.10. The van der Waals surface area contributed by atoms with Gasteiger partial charge in [-0.2, -0.15) is 5.26 Å². The predicted octanol–water partition coefficient (Wildman–Crippen LogP) is 4.84. The molecule has 0 aromatic heterocycles. The number of nitrogens with zero attached hydrogens (tertiary/aromatic N) is 1. The summed E-state index contributed by atoms with van der Waals surface area (Å²) in [6.07, 6.45) is 1.95. The van der Waals surface area contributed by atoms with E-state index in [1.54, 1.807) is 48.5 Å². The minimum Gasteiger partial charge on any atom is -0.427 e. The minimum atomic E-state index is -0.440. The van der Waals surface area contributed by atoms with E-state index in [4.69, 9.17) is 4.74 Å². The fraction of sp³-hybridized carbons (Fsp3) is 0.200. The largest absolute Gasteiger partial charge is 0.427 e. The van der Waals surface area contributed by atoms with Gasteiger partial charge in [-0.25, -0.2) is 4.39 Å². The topological polar surface area (TPSA) is 50.1 Å². The first-order valence-electron chi connectivity index (χ1n) is 7.67. The van der Waals surface area contributed by atoms with Crippen molar-refractivity contribution in [2.45, 2.75) is 20.3 Å². The van der Waals surface area contributed by atoms with Crippen LogP contribution in [-0.4, -0.2) is 5.97 Å². The number of ether oxygens (including phenoxy) is 1. The van der Waals surface area contributed by atoms with E-state index >= 15 is 0 Å². The second kappa shape index (κ2) is 8.07. The molecule has 0 aliphatic heterocycles. The molecule has 122 valence electrons. The average molecular weight is 323 g/mol. The number of esters is 1. The summed E-state index contributed by atoms with van der Waals surface area (Å²) in [6.45, 7) is 3.89. The number of allylic oxidation sites excluding steroid dienone is 1. The number of carbonyl (C=O) groups is 1. The Bertz CT molecular complexity index is 786. The molecule has 0 spiro atoms. The lowest BCUT2D eigenvalue weighted by Gasteiger charge is -2.06. The third-order valence-electron chi connectivity index (χ3n) is 3.28. The smallest absolute Gasteiger partial charge is 0.311 e. The summed E-state index contributed by atoms with van der Waals surface area (Å²) < 4.78 is 19.0. The van der Waals surface area contributed by atoms with Crippen molar-refractivity contribution in [1.82, 2.24) is 0 Å². The van der Waals surface area contributed by atoms with Crippen molar-refractivity contribution in [2.75, 3.05) is 0 Å². The van der Waals surface area contributed by atoms with E-state index in [9.17, 15) is 14.4 Å².